The minimum Gasteiger partial charge on any atom is -0.478 e. The van der Waals surface area contributed by atoms with E-state index in [4.69, 9.17) is 15.3 Å². The number of carbonyl (C=O) groups is 3. The summed E-state index contributed by atoms with van der Waals surface area (Å²) >= 11 is 0. The molecule has 6 heteroatoms. The van der Waals surface area contributed by atoms with E-state index in [0.29, 0.717) is 5.41 Å². The monoisotopic (exact) mass is 300 g/mol. The predicted molar refractivity (Wildman–Crippen MR) is 83.2 cm³/mol. The van der Waals surface area contributed by atoms with E-state index < -0.39 is 17.9 Å². The standard InChI is InChI=1S/C6H12.3C3H4O2/c1-5-6(2,3)4;3*1-2-3(4)5/h5H,1H2,2-4H3;3*2H,1H2,(H,4,5). The van der Waals surface area contributed by atoms with Crippen LogP contribution in [0.15, 0.2) is 50.6 Å². The van der Waals surface area contributed by atoms with Gasteiger partial charge in [0.05, 0.1) is 0 Å². The van der Waals surface area contributed by atoms with Crippen LogP contribution in [0.1, 0.15) is 20.8 Å². The molecule has 0 heterocycles. The molecule has 0 atom stereocenters. The normalized spacial score (nSPS) is 7.76. The average molecular weight is 300 g/mol. The highest BCUT2D eigenvalue weighted by Gasteiger charge is 1.99. The Morgan fingerprint density at radius 3 is 0.810 bits per heavy atom. The number of aliphatic carboxylic acids is 3. The van der Waals surface area contributed by atoms with E-state index in [1.807, 2.05) is 6.08 Å². The zero-order valence-corrected chi connectivity index (χ0v) is 12.7. The van der Waals surface area contributed by atoms with Crippen LogP contribution in [0.5, 0.6) is 0 Å². The van der Waals surface area contributed by atoms with Gasteiger partial charge in [-0.15, -0.1) is 6.58 Å². The molecule has 0 radical (unpaired) electrons. The van der Waals surface area contributed by atoms with Crippen molar-refractivity contribution >= 4 is 17.9 Å². The molecule has 0 aromatic carbocycles. The van der Waals surface area contributed by atoms with Crippen LogP contribution >= 0.6 is 0 Å². The van der Waals surface area contributed by atoms with Crippen LogP contribution in [0.25, 0.3) is 0 Å². The van der Waals surface area contributed by atoms with Gasteiger partial charge in [-0.05, 0) is 5.41 Å². The number of hydrogen-bond donors (Lipinski definition) is 3. The summed E-state index contributed by atoms with van der Waals surface area (Å²) in [4.78, 5) is 27.8. The molecule has 0 saturated heterocycles. The van der Waals surface area contributed by atoms with Gasteiger partial charge in [-0.3, -0.25) is 0 Å². The number of carboxylic acids is 3. The summed E-state index contributed by atoms with van der Waals surface area (Å²) in [7, 11) is 0. The van der Waals surface area contributed by atoms with Crippen LogP contribution < -0.4 is 0 Å². The van der Waals surface area contributed by atoms with Crippen molar-refractivity contribution in [2.45, 2.75) is 20.8 Å². The van der Waals surface area contributed by atoms with Crippen molar-refractivity contribution in [3.8, 4) is 0 Å². The van der Waals surface area contributed by atoms with Crippen molar-refractivity contribution in [2.75, 3.05) is 0 Å². The zero-order valence-electron chi connectivity index (χ0n) is 12.7. The number of rotatable bonds is 3. The Morgan fingerprint density at radius 2 is 0.810 bits per heavy atom. The number of hydrogen-bond acceptors (Lipinski definition) is 3. The smallest absolute Gasteiger partial charge is 0.327 e. The van der Waals surface area contributed by atoms with Crippen LogP contribution in [0, 0.1) is 5.41 Å². The maximum absolute atomic E-state index is 9.25. The average Bonchev–Trinajstić information content (AvgIpc) is 2.39. The quantitative estimate of drug-likeness (QED) is 0.545. The van der Waals surface area contributed by atoms with Crippen molar-refractivity contribution in [3.63, 3.8) is 0 Å². The van der Waals surface area contributed by atoms with Gasteiger partial charge in [0.2, 0.25) is 0 Å². The molecule has 0 aliphatic heterocycles. The molecule has 0 saturated carbocycles. The van der Waals surface area contributed by atoms with Gasteiger partial charge in [0, 0.05) is 18.2 Å². The van der Waals surface area contributed by atoms with Gasteiger partial charge in [0.1, 0.15) is 0 Å². The second kappa shape index (κ2) is 17.4. The van der Waals surface area contributed by atoms with Crippen molar-refractivity contribution < 1.29 is 29.7 Å². The van der Waals surface area contributed by atoms with Crippen LogP contribution in [-0.4, -0.2) is 33.2 Å². The minimum absolute atomic E-state index is 0.306. The second-order valence-electron chi connectivity index (χ2n) is 4.20. The van der Waals surface area contributed by atoms with Gasteiger partial charge in [0.15, 0.2) is 0 Å². The molecule has 120 valence electrons. The molecule has 3 N–H and O–H groups in total. The summed E-state index contributed by atoms with van der Waals surface area (Å²) in [5.41, 5.74) is 0.306. The maximum atomic E-state index is 9.25. The van der Waals surface area contributed by atoms with Gasteiger partial charge >= 0.3 is 17.9 Å². The highest BCUT2D eigenvalue weighted by atomic mass is 16.4. The third-order valence-corrected chi connectivity index (χ3v) is 1.14. The molecule has 21 heavy (non-hydrogen) atoms. The van der Waals surface area contributed by atoms with Crippen LogP contribution in [-0.2, 0) is 14.4 Å². The van der Waals surface area contributed by atoms with Crippen molar-refractivity contribution in [2.24, 2.45) is 5.41 Å². The van der Waals surface area contributed by atoms with E-state index in [2.05, 4.69) is 47.1 Å². The van der Waals surface area contributed by atoms with Crippen molar-refractivity contribution in [1.82, 2.24) is 0 Å². The molecule has 0 rings (SSSR count). The van der Waals surface area contributed by atoms with Gasteiger partial charge in [-0.2, -0.15) is 0 Å². The Kier molecular flexibility index (Phi) is 22.2. The molecular formula is C15H24O6. The summed E-state index contributed by atoms with van der Waals surface area (Å²) in [6.45, 7) is 18.9. The van der Waals surface area contributed by atoms with E-state index in [1.54, 1.807) is 0 Å². The summed E-state index contributed by atoms with van der Waals surface area (Å²) in [5.74, 6) is -2.94. The Hall–Kier alpha value is -2.63. The molecule has 0 aliphatic carbocycles. The molecule has 0 aromatic heterocycles. The minimum atomic E-state index is -0.981. The highest BCUT2D eigenvalue weighted by Crippen LogP contribution is 2.11. The predicted octanol–water partition coefficient (Wildman–Crippen LogP) is 2.99. The fraction of sp³-hybridized carbons (Fsp3) is 0.267. The largest absolute Gasteiger partial charge is 0.478 e. The lowest BCUT2D eigenvalue weighted by Gasteiger charge is -2.08. The molecule has 0 amide bonds. The molecule has 0 bridgehead atoms. The topological polar surface area (TPSA) is 112 Å². The highest BCUT2D eigenvalue weighted by molar-refractivity contribution is 5.79. The fourth-order valence-corrected chi connectivity index (χ4v) is 0. The molecular weight excluding hydrogens is 276 g/mol. The summed E-state index contributed by atoms with van der Waals surface area (Å²) < 4.78 is 0. The van der Waals surface area contributed by atoms with Gasteiger partial charge in [-0.25, -0.2) is 14.4 Å². The van der Waals surface area contributed by atoms with E-state index >= 15 is 0 Å². The van der Waals surface area contributed by atoms with Gasteiger partial charge < -0.3 is 15.3 Å². The maximum Gasteiger partial charge on any atom is 0.327 e. The van der Waals surface area contributed by atoms with Crippen LogP contribution in [0.2, 0.25) is 0 Å². The zero-order chi connectivity index (χ0) is 18.1. The van der Waals surface area contributed by atoms with Crippen LogP contribution in [0.3, 0.4) is 0 Å². The van der Waals surface area contributed by atoms with E-state index in [0.717, 1.165) is 18.2 Å². The molecule has 0 fully saturated rings. The molecule has 0 spiro atoms. The Bertz CT molecular complexity index is 318. The SMILES string of the molecule is C=CC(=O)O.C=CC(=O)O.C=CC(=O)O.C=CC(C)(C)C. The number of carboxylic acid groups (broad SMARTS) is 3. The summed E-state index contributed by atoms with van der Waals surface area (Å²) in [6.07, 6.45) is 4.44. The molecule has 0 aromatic rings. The Balaban J connectivity index is -0.0000000921. The first-order valence-corrected chi connectivity index (χ1v) is 5.57. The van der Waals surface area contributed by atoms with E-state index in [1.165, 1.54) is 0 Å². The van der Waals surface area contributed by atoms with E-state index in [9.17, 15) is 14.4 Å². The van der Waals surface area contributed by atoms with Crippen molar-refractivity contribution in [1.29, 1.82) is 0 Å². The first kappa shape index (κ1) is 26.8. The van der Waals surface area contributed by atoms with Gasteiger partial charge in [-0.1, -0.05) is 46.6 Å². The van der Waals surface area contributed by atoms with Crippen LogP contribution in [0.4, 0.5) is 0 Å². The molecule has 0 aliphatic rings. The number of allylic oxidation sites excluding steroid dienone is 1. The molecule has 0 unspecified atom stereocenters. The lowest BCUT2D eigenvalue weighted by atomic mass is 9.98. The third kappa shape index (κ3) is 101. The second-order valence-corrected chi connectivity index (χ2v) is 4.20. The third-order valence-electron chi connectivity index (χ3n) is 1.14. The van der Waals surface area contributed by atoms with Gasteiger partial charge in [0.25, 0.3) is 0 Å². The lowest BCUT2D eigenvalue weighted by molar-refractivity contribution is -0.132. The molecule has 6 nitrogen and oxygen atoms in total. The first-order chi connectivity index (χ1) is 9.37. The fourth-order valence-electron chi connectivity index (χ4n) is 0. The first-order valence-electron chi connectivity index (χ1n) is 5.57. The Labute approximate surface area is 125 Å². The Morgan fingerprint density at radius 1 is 0.714 bits per heavy atom. The summed E-state index contributed by atoms with van der Waals surface area (Å²) in [6, 6.07) is 0. The van der Waals surface area contributed by atoms with Crippen molar-refractivity contribution in [3.05, 3.63) is 50.6 Å². The lowest BCUT2D eigenvalue weighted by Crippen LogP contribution is -1.96. The van der Waals surface area contributed by atoms with E-state index in [-0.39, 0.29) is 0 Å². The summed E-state index contributed by atoms with van der Waals surface area (Å²) in [5, 5.41) is 22.8.